The number of nitrogens with zero attached hydrogens (tertiary/aromatic N) is 3. The number of nitro groups is 1. The van der Waals surface area contributed by atoms with Gasteiger partial charge in [-0.2, -0.15) is 0 Å². The second-order valence-electron chi connectivity index (χ2n) is 2.89. The molecular weight excluding hydrogens is 212 g/mol. The molecule has 0 atom stereocenters. The molecule has 8 heteroatoms. The molecule has 1 rings (SSSR count). The van der Waals surface area contributed by atoms with E-state index in [0.717, 1.165) is 0 Å². The molecule has 0 fully saturated rings. The highest BCUT2D eigenvalue weighted by Crippen LogP contribution is 2.11. The summed E-state index contributed by atoms with van der Waals surface area (Å²) in [6, 6.07) is 2.89. The minimum Gasteiger partial charge on any atom is -0.370 e. The number of guanidine groups is 1. The maximum absolute atomic E-state index is 10.3. The zero-order chi connectivity index (χ0) is 12.0. The lowest BCUT2D eigenvalue weighted by Gasteiger charge is -2.02. The molecule has 86 valence electrons. The molecule has 0 saturated carbocycles. The molecule has 0 aliphatic heterocycles. The molecule has 1 aromatic rings. The van der Waals surface area contributed by atoms with Crippen LogP contribution in [0, 0.1) is 10.1 Å². The van der Waals surface area contributed by atoms with Crippen molar-refractivity contribution in [3.8, 4) is 0 Å². The summed E-state index contributed by atoms with van der Waals surface area (Å²) in [6.07, 6.45) is 1.18. The van der Waals surface area contributed by atoms with Crippen LogP contribution in [-0.2, 0) is 0 Å². The van der Waals surface area contributed by atoms with Gasteiger partial charge in [0.1, 0.15) is 12.0 Å². The van der Waals surface area contributed by atoms with Crippen LogP contribution in [0.4, 0.5) is 11.5 Å². The maximum atomic E-state index is 10.3. The molecule has 0 bridgehead atoms. The van der Waals surface area contributed by atoms with Gasteiger partial charge in [0.15, 0.2) is 5.96 Å². The molecule has 8 nitrogen and oxygen atoms in total. The van der Waals surface area contributed by atoms with Crippen LogP contribution in [0.1, 0.15) is 0 Å². The number of nitrogens with one attached hydrogen (secondary N) is 1. The summed E-state index contributed by atoms with van der Waals surface area (Å²) in [5, 5.41) is 13.3. The Hall–Kier alpha value is -2.38. The quantitative estimate of drug-likeness (QED) is 0.206. The molecule has 0 radical (unpaired) electrons. The minimum absolute atomic E-state index is 0.0264. The first kappa shape index (κ1) is 11.7. The van der Waals surface area contributed by atoms with E-state index in [-0.39, 0.29) is 11.6 Å². The van der Waals surface area contributed by atoms with Gasteiger partial charge in [0.2, 0.25) is 0 Å². The van der Waals surface area contributed by atoms with E-state index < -0.39 is 4.92 Å². The van der Waals surface area contributed by atoms with E-state index in [0.29, 0.717) is 18.9 Å². The number of hydrogen-bond acceptors (Lipinski definition) is 5. The third kappa shape index (κ3) is 3.78. The summed E-state index contributed by atoms with van der Waals surface area (Å²) in [5.41, 5.74) is 10.2. The molecule has 0 amide bonds. The molecular formula is C8H12N6O2. The van der Waals surface area contributed by atoms with Crippen LogP contribution in [0.15, 0.2) is 23.3 Å². The molecule has 5 N–H and O–H groups in total. The smallest absolute Gasteiger partial charge is 0.287 e. The summed E-state index contributed by atoms with van der Waals surface area (Å²) in [6.45, 7) is 0.920. The van der Waals surface area contributed by atoms with Gasteiger partial charge in [0, 0.05) is 12.6 Å². The number of nitrogens with two attached hydrogens (primary N) is 2. The fourth-order valence-electron chi connectivity index (χ4n) is 0.968. The van der Waals surface area contributed by atoms with E-state index in [1.54, 1.807) is 0 Å². The molecule has 0 aliphatic rings. The zero-order valence-electron chi connectivity index (χ0n) is 8.46. The number of rotatable bonds is 5. The van der Waals surface area contributed by atoms with Gasteiger partial charge < -0.3 is 16.8 Å². The first-order chi connectivity index (χ1) is 7.59. The molecule has 0 aliphatic carbocycles. The van der Waals surface area contributed by atoms with Crippen molar-refractivity contribution in [2.24, 2.45) is 16.5 Å². The van der Waals surface area contributed by atoms with Gasteiger partial charge in [-0.15, -0.1) is 0 Å². The SMILES string of the molecule is NC(N)=NCCNc1ccc([N+](=O)[O-])cn1. The van der Waals surface area contributed by atoms with E-state index in [1.807, 2.05) is 0 Å². The normalized spacial score (nSPS) is 9.50. The lowest BCUT2D eigenvalue weighted by Crippen LogP contribution is -2.24. The molecule has 0 saturated heterocycles. The third-order valence-corrected chi connectivity index (χ3v) is 1.67. The topological polar surface area (TPSA) is 132 Å². The fraction of sp³-hybridized carbons (Fsp3) is 0.250. The molecule has 16 heavy (non-hydrogen) atoms. The van der Waals surface area contributed by atoms with Crippen molar-refractivity contribution in [2.45, 2.75) is 0 Å². The van der Waals surface area contributed by atoms with E-state index in [2.05, 4.69) is 15.3 Å². The number of anilines is 1. The predicted octanol–water partition coefficient (Wildman–Crippen LogP) is -0.325. The standard InChI is InChI=1S/C8H12N6O2/c9-8(10)12-4-3-11-7-2-1-6(5-13-7)14(15)16/h1-2,5H,3-4H2,(H,11,13)(H4,9,10,12). The van der Waals surface area contributed by atoms with Gasteiger partial charge in [-0.25, -0.2) is 4.98 Å². The maximum Gasteiger partial charge on any atom is 0.287 e. The van der Waals surface area contributed by atoms with Crippen molar-refractivity contribution < 1.29 is 4.92 Å². The molecule has 0 aromatic carbocycles. The van der Waals surface area contributed by atoms with E-state index in [4.69, 9.17) is 11.5 Å². The average molecular weight is 224 g/mol. The van der Waals surface area contributed by atoms with Gasteiger partial charge in [0.05, 0.1) is 11.5 Å². The van der Waals surface area contributed by atoms with Crippen LogP contribution < -0.4 is 16.8 Å². The van der Waals surface area contributed by atoms with Crippen molar-refractivity contribution in [1.82, 2.24) is 4.98 Å². The van der Waals surface area contributed by atoms with Crippen molar-refractivity contribution >= 4 is 17.5 Å². The third-order valence-electron chi connectivity index (χ3n) is 1.67. The van der Waals surface area contributed by atoms with Crippen LogP contribution >= 0.6 is 0 Å². The number of hydrogen-bond donors (Lipinski definition) is 3. The highest BCUT2D eigenvalue weighted by atomic mass is 16.6. The number of aliphatic imine (C=N–C) groups is 1. The lowest BCUT2D eigenvalue weighted by atomic mass is 10.4. The largest absolute Gasteiger partial charge is 0.370 e. The Bertz CT molecular complexity index is 384. The summed E-state index contributed by atoms with van der Waals surface area (Å²) in [5.74, 6) is 0.565. The molecule has 1 heterocycles. The number of aromatic nitrogens is 1. The summed E-state index contributed by atoms with van der Waals surface area (Å²) in [7, 11) is 0. The van der Waals surface area contributed by atoms with Gasteiger partial charge in [-0.05, 0) is 6.07 Å². The summed E-state index contributed by atoms with van der Waals surface area (Å²) < 4.78 is 0. The second kappa shape index (κ2) is 5.49. The van der Waals surface area contributed by atoms with Gasteiger partial charge in [-0.1, -0.05) is 0 Å². The number of pyridine rings is 1. The highest BCUT2D eigenvalue weighted by Gasteiger charge is 2.04. The van der Waals surface area contributed by atoms with Crippen LogP contribution in [0.2, 0.25) is 0 Å². The first-order valence-electron chi connectivity index (χ1n) is 4.49. The Kier molecular flexibility index (Phi) is 4.01. The van der Waals surface area contributed by atoms with Crippen LogP contribution in [0.25, 0.3) is 0 Å². The summed E-state index contributed by atoms with van der Waals surface area (Å²) in [4.78, 5) is 17.5. The Balaban J connectivity index is 2.44. The Morgan fingerprint density at radius 3 is 2.81 bits per heavy atom. The van der Waals surface area contributed by atoms with E-state index >= 15 is 0 Å². The first-order valence-corrected chi connectivity index (χ1v) is 4.49. The lowest BCUT2D eigenvalue weighted by molar-refractivity contribution is -0.385. The van der Waals surface area contributed by atoms with Crippen LogP contribution in [0.3, 0.4) is 0 Å². The monoisotopic (exact) mass is 224 g/mol. The zero-order valence-corrected chi connectivity index (χ0v) is 8.46. The molecule has 0 spiro atoms. The molecule has 0 unspecified atom stereocenters. The molecule has 1 aromatic heterocycles. The van der Waals surface area contributed by atoms with Crippen LogP contribution in [0.5, 0.6) is 0 Å². The second-order valence-corrected chi connectivity index (χ2v) is 2.89. The Labute approximate surface area is 91.5 Å². The van der Waals surface area contributed by atoms with E-state index in [9.17, 15) is 10.1 Å². The Morgan fingerprint density at radius 1 is 1.56 bits per heavy atom. The van der Waals surface area contributed by atoms with Crippen molar-refractivity contribution in [2.75, 3.05) is 18.4 Å². The minimum atomic E-state index is -0.504. The van der Waals surface area contributed by atoms with Crippen LogP contribution in [-0.4, -0.2) is 29.0 Å². The van der Waals surface area contributed by atoms with Crippen molar-refractivity contribution in [3.63, 3.8) is 0 Å². The predicted molar refractivity (Wildman–Crippen MR) is 60.1 cm³/mol. The van der Waals surface area contributed by atoms with Gasteiger partial charge in [-0.3, -0.25) is 15.1 Å². The average Bonchev–Trinajstić information content (AvgIpc) is 2.25. The summed E-state index contributed by atoms with van der Waals surface area (Å²) >= 11 is 0. The van der Waals surface area contributed by atoms with E-state index in [1.165, 1.54) is 18.3 Å². The van der Waals surface area contributed by atoms with Gasteiger partial charge in [0.25, 0.3) is 5.69 Å². The highest BCUT2D eigenvalue weighted by molar-refractivity contribution is 5.75. The van der Waals surface area contributed by atoms with Crippen molar-refractivity contribution in [1.29, 1.82) is 0 Å². The fourth-order valence-corrected chi connectivity index (χ4v) is 0.968. The van der Waals surface area contributed by atoms with Crippen molar-refractivity contribution in [3.05, 3.63) is 28.4 Å². The van der Waals surface area contributed by atoms with Gasteiger partial charge >= 0.3 is 0 Å². The Morgan fingerprint density at radius 2 is 2.31 bits per heavy atom.